The lowest BCUT2D eigenvalue weighted by molar-refractivity contribution is 0.507. The largest absolute Gasteiger partial charge is 0.384 e. The Balaban J connectivity index is 2.36. The van der Waals surface area contributed by atoms with Gasteiger partial charge in [-0.15, -0.1) is 0 Å². The van der Waals surface area contributed by atoms with Crippen molar-refractivity contribution >= 4 is 11.8 Å². The summed E-state index contributed by atoms with van der Waals surface area (Å²) in [5.74, 6) is 1.60. The second kappa shape index (κ2) is 5.50. The van der Waals surface area contributed by atoms with E-state index in [1.807, 2.05) is 0 Å². The average molecular weight is 209 g/mol. The van der Waals surface area contributed by atoms with Gasteiger partial charge in [-0.2, -0.15) is 4.98 Å². The maximum atomic E-state index is 5.91. The van der Waals surface area contributed by atoms with E-state index < -0.39 is 0 Å². The Labute approximate surface area is 90.3 Å². The molecule has 1 atom stereocenters. The van der Waals surface area contributed by atoms with E-state index in [1.165, 1.54) is 0 Å². The first kappa shape index (κ1) is 11.7. The molecule has 0 aromatic carbocycles. The summed E-state index contributed by atoms with van der Waals surface area (Å²) in [6.45, 7) is 4.97. The molecule has 0 aliphatic heterocycles. The third-order valence-corrected chi connectivity index (χ3v) is 1.97. The van der Waals surface area contributed by atoms with Crippen LogP contribution in [0, 0.1) is 5.92 Å². The fourth-order valence-corrected chi connectivity index (χ4v) is 1.37. The Morgan fingerprint density at radius 3 is 2.80 bits per heavy atom. The molecular formula is C10H19N5. The number of nitrogens with zero attached hydrogens (tertiary/aromatic N) is 2. The highest BCUT2D eigenvalue weighted by molar-refractivity contribution is 5.34. The Bertz CT molecular complexity index is 300. The maximum Gasteiger partial charge on any atom is 0.224 e. The molecule has 0 aliphatic carbocycles. The van der Waals surface area contributed by atoms with Gasteiger partial charge < -0.3 is 16.8 Å². The summed E-state index contributed by atoms with van der Waals surface area (Å²) in [7, 11) is 0. The van der Waals surface area contributed by atoms with Gasteiger partial charge in [0, 0.05) is 18.8 Å². The van der Waals surface area contributed by atoms with Gasteiger partial charge >= 0.3 is 0 Å². The van der Waals surface area contributed by atoms with Crippen molar-refractivity contribution in [3.8, 4) is 0 Å². The van der Waals surface area contributed by atoms with E-state index in [0.29, 0.717) is 24.2 Å². The standard InChI is InChI=1S/C10H19N5/c1-7(2)5-8(11)6-14-10-13-4-3-9(12)15-10/h3-4,7-8H,5-6,11H2,1-2H3,(H3,12,13,14,15). The van der Waals surface area contributed by atoms with Gasteiger partial charge in [-0.3, -0.25) is 0 Å². The molecule has 15 heavy (non-hydrogen) atoms. The van der Waals surface area contributed by atoms with Crippen molar-refractivity contribution in [2.24, 2.45) is 11.7 Å². The first-order valence-corrected chi connectivity index (χ1v) is 5.16. The quantitative estimate of drug-likeness (QED) is 0.668. The normalized spacial score (nSPS) is 12.8. The lowest BCUT2D eigenvalue weighted by Gasteiger charge is -2.14. The van der Waals surface area contributed by atoms with E-state index in [4.69, 9.17) is 11.5 Å². The molecule has 1 rings (SSSR count). The molecule has 0 radical (unpaired) electrons. The van der Waals surface area contributed by atoms with Gasteiger partial charge in [-0.05, 0) is 18.4 Å². The molecule has 5 heteroatoms. The van der Waals surface area contributed by atoms with E-state index in [9.17, 15) is 0 Å². The van der Waals surface area contributed by atoms with Crippen molar-refractivity contribution in [2.45, 2.75) is 26.3 Å². The third kappa shape index (κ3) is 4.60. The van der Waals surface area contributed by atoms with Crippen LogP contribution in [0.15, 0.2) is 12.3 Å². The van der Waals surface area contributed by atoms with Gasteiger partial charge in [-0.25, -0.2) is 4.98 Å². The molecule has 5 nitrogen and oxygen atoms in total. The number of rotatable bonds is 5. The number of aromatic nitrogens is 2. The average Bonchev–Trinajstić information content (AvgIpc) is 2.14. The fraction of sp³-hybridized carbons (Fsp3) is 0.600. The number of nitrogen functional groups attached to an aromatic ring is 1. The van der Waals surface area contributed by atoms with Crippen LogP contribution in [-0.2, 0) is 0 Å². The predicted octanol–water partition coefficient (Wildman–Crippen LogP) is 0.844. The van der Waals surface area contributed by atoms with Crippen molar-refractivity contribution in [3.63, 3.8) is 0 Å². The van der Waals surface area contributed by atoms with Gasteiger partial charge in [0.1, 0.15) is 5.82 Å². The van der Waals surface area contributed by atoms with Gasteiger partial charge in [0.15, 0.2) is 0 Å². The number of anilines is 2. The minimum atomic E-state index is 0.120. The number of hydrogen-bond acceptors (Lipinski definition) is 5. The van der Waals surface area contributed by atoms with E-state index in [2.05, 4.69) is 29.1 Å². The van der Waals surface area contributed by atoms with E-state index in [1.54, 1.807) is 12.3 Å². The van der Waals surface area contributed by atoms with Crippen LogP contribution in [0.1, 0.15) is 20.3 Å². The Morgan fingerprint density at radius 1 is 1.47 bits per heavy atom. The summed E-state index contributed by atoms with van der Waals surface area (Å²) in [6, 6.07) is 1.77. The van der Waals surface area contributed by atoms with Gasteiger partial charge in [0.25, 0.3) is 0 Å². The van der Waals surface area contributed by atoms with Crippen LogP contribution in [0.2, 0.25) is 0 Å². The molecule has 5 N–H and O–H groups in total. The van der Waals surface area contributed by atoms with Crippen molar-refractivity contribution in [1.82, 2.24) is 9.97 Å². The third-order valence-electron chi connectivity index (χ3n) is 1.97. The number of nitrogens with one attached hydrogen (secondary N) is 1. The highest BCUT2D eigenvalue weighted by atomic mass is 15.1. The van der Waals surface area contributed by atoms with E-state index >= 15 is 0 Å². The monoisotopic (exact) mass is 209 g/mol. The molecule has 0 spiro atoms. The lowest BCUT2D eigenvalue weighted by Crippen LogP contribution is -2.30. The van der Waals surface area contributed by atoms with E-state index in [-0.39, 0.29) is 6.04 Å². The molecule has 1 aromatic rings. The highest BCUT2D eigenvalue weighted by Gasteiger charge is 2.05. The maximum absolute atomic E-state index is 5.91. The van der Waals surface area contributed by atoms with Gasteiger partial charge in [-0.1, -0.05) is 13.8 Å². The summed E-state index contributed by atoms with van der Waals surface area (Å²) < 4.78 is 0. The van der Waals surface area contributed by atoms with E-state index in [0.717, 1.165) is 6.42 Å². The molecule has 1 heterocycles. The van der Waals surface area contributed by atoms with Crippen molar-refractivity contribution in [2.75, 3.05) is 17.6 Å². The zero-order valence-electron chi connectivity index (χ0n) is 9.27. The molecule has 0 saturated heterocycles. The summed E-state index contributed by atoms with van der Waals surface area (Å²) in [5.41, 5.74) is 11.4. The molecule has 0 bridgehead atoms. The minimum Gasteiger partial charge on any atom is -0.384 e. The summed E-state index contributed by atoms with van der Waals surface area (Å²) in [6.07, 6.45) is 2.61. The second-order valence-corrected chi connectivity index (χ2v) is 4.08. The van der Waals surface area contributed by atoms with Crippen LogP contribution in [0.25, 0.3) is 0 Å². The molecule has 1 unspecified atom stereocenters. The molecule has 0 fully saturated rings. The molecule has 0 saturated carbocycles. The lowest BCUT2D eigenvalue weighted by atomic mass is 10.0. The molecule has 84 valence electrons. The summed E-state index contributed by atoms with van der Waals surface area (Å²) in [4.78, 5) is 8.06. The van der Waals surface area contributed by atoms with Crippen molar-refractivity contribution in [3.05, 3.63) is 12.3 Å². The van der Waals surface area contributed by atoms with Crippen LogP contribution < -0.4 is 16.8 Å². The smallest absolute Gasteiger partial charge is 0.224 e. The molecular weight excluding hydrogens is 190 g/mol. The van der Waals surface area contributed by atoms with Crippen LogP contribution in [0.5, 0.6) is 0 Å². The van der Waals surface area contributed by atoms with Crippen LogP contribution in [-0.4, -0.2) is 22.6 Å². The number of hydrogen-bond donors (Lipinski definition) is 3. The SMILES string of the molecule is CC(C)CC(N)CNc1nccc(N)n1. The Kier molecular flexibility index (Phi) is 4.30. The van der Waals surface area contributed by atoms with Crippen molar-refractivity contribution in [1.29, 1.82) is 0 Å². The fourth-order valence-electron chi connectivity index (χ4n) is 1.37. The highest BCUT2D eigenvalue weighted by Crippen LogP contribution is 2.04. The van der Waals surface area contributed by atoms with Gasteiger partial charge in [0.05, 0.1) is 0 Å². The summed E-state index contributed by atoms with van der Waals surface area (Å²) in [5, 5.41) is 3.06. The zero-order valence-corrected chi connectivity index (χ0v) is 9.27. The van der Waals surface area contributed by atoms with Crippen LogP contribution >= 0.6 is 0 Å². The molecule has 0 amide bonds. The first-order chi connectivity index (χ1) is 7.08. The number of nitrogens with two attached hydrogens (primary N) is 2. The zero-order chi connectivity index (χ0) is 11.3. The Hall–Kier alpha value is -1.36. The second-order valence-electron chi connectivity index (χ2n) is 4.08. The van der Waals surface area contributed by atoms with Crippen LogP contribution in [0.4, 0.5) is 11.8 Å². The van der Waals surface area contributed by atoms with Gasteiger partial charge in [0.2, 0.25) is 5.95 Å². The molecule has 1 aromatic heterocycles. The predicted molar refractivity (Wildman–Crippen MR) is 62.4 cm³/mol. The van der Waals surface area contributed by atoms with Crippen LogP contribution in [0.3, 0.4) is 0 Å². The first-order valence-electron chi connectivity index (χ1n) is 5.16. The minimum absolute atomic E-state index is 0.120. The topological polar surface area (TPSA) is 89.8 Å². The summed E-state index contributed by atoms with van der Waals surface area (Å²) >= 11 is 0. The van der Waals surface area contributed by atoms with Crippen molar-refractivity contribution < 1.29 is 0 Å². The Morgan fingerprint density at radius 2 is 2.20 bits per heavy atom. The molecule has 0 aliphatic rings.